The summed E-state index contributed by atoms with van der Waals surface area (Å²) in [6.07, 6.45) is 2.96. The molecule has 1 atom stereocenters. The van der Waals surface area contributed by atoms with Crippen LogP contribution in [0.1, 0.15) is 41.1 Å². The number of aromatic nitrogens is 2. The Balaban J connectivity index is 1.81. The average Bonchev–Trinajstić information content (AvgIpc) is 2.98. The molecule has 2 aromatic heterocycles. The number of para-hydroxylation sites is 1. The van der Waals surface area contributed by atoms with E-state index in [1.54, 1.807) is 11.3 Å². The lowest BCUT2D eigenvalue weighted by molar-refractivity contribution is 0.0526. The van der Waals surface area contributed by atoms with Gasteiger partial charge in [-0.15, -0.1) is 11.3 Å². The normalized spacial score (nSPS) is 16.2. The molecule has 1 unspecified atom stereocenters. The Hall–Kier alpha value is -2.18. The molecule has 0 fully saturated rings. The number of ether oxygens (including phenoxy) is 1. The number of rotatable bonds is 4. The molecule has 27 heavy (non-hydrogen) atoms. The minimum absolute atomic E-state index is 0.170. The summed E-state index contributed by atoms with van der Waals surface area (Å²) in [5, 5.41) is 5.15. The lowest BCUT2D eigenvalue weighted by atomic mass is 9.88. The third-order valence-corrected chi connectivity index (χ3v) is 6.14. The van der Waals surface area contributed by atoms with Crippen molar-refractivity contribution >= 4 is 50.6 Å². The second-order valence-corrected chi connectivity index (χ2v) is 8.20. The Labute approximate surface area is 166 Å². The predicted molar refractivity (Wildman–Crippen MR) is 109 cm³/mol. The van der Waals surface area contributed by atoms with Crippen molar-refractivity contribution in [3.8, 4) is 0 Å². The maximum absolute atomic E-state index is 12.7. The molecule has 7 heteroatoms. The first-order valence-electron chi connectivity index (χ1n) is 9.07. The van der Waals surface area contributed by atoms with Gasteiger partial charge in [-0.25, -0.2) is 9.78 Å². The van der Waals surface area contributed by atoms with E-state index in [9.17, 15) is 4.79 Å². The van der Waals surface area contributed by atoms with Gasteiger partial charge in [-0.2, -0.15) is 4.98 Å². The molecule has 0 radical (unpaired) electrons. The molecule has 1 N–H and O–H groups in total. The van der Waals surface area contributed by atoms with Gasteiger partial charge in [0.25, 0.3) is 0 Å². The van der Waals surface area contributed by atoms with E-state index in [2.05, 4.69) is 22.2 Å². The topological polar surface area (TPSA) is 64.1 Å². The molecule has 140 valence electrons. The van der Waals surface area contributed by atoms with Gasteiger partial charge in [0.15, 0.2) is 0 Å². The lowest BCUT2D eigenvalue weighted by Gasteiger charge is -2.18. The van der Waals surface area contributed by atoms with Crippen molar-refractivity contribution in [2.75, 3.05) is 11.9 Å². The minimum atomic E-state index is -0.281. The van der Waals surface area contributed by atoms with Crippen LogP contribution in [0.15, 0.2) is 24.3 Å². The van der Waals surface area contributed by atoms with Crippen molar-refractivity contribution in [3.05, 3.63) is 45.6 Å². The first-order chi connectivity index (χ1) is 13.1. The second kappa shape index (κ2) is 7.44. The van der Waals surface area contributed by atoms with Crippen LogP contribution in [0.4, 0.5) is 10.8 Å². The van der Waals surface area contributed by atoms with E-state index in [0.717, 1.165) is 40.7 Å². The monoisotopic (exact) mass is 401 g/mol. The predicted octanol–water partition coefficient (Wildman–Crippen LogP) is 5.39. The number of esters is 1. The van der Waals surface area contributed by atoms with Crippen molar-refractivity contribution in [1.82, 2.24) is 9.97 Å². The molecule has 1 aromatic carbocycles. The molecule has 0 saturated carbocycles. The second-order valence-electron chi connectivity index (χ2n) is 6.76. The summed E-state index contributed by atoms with van der Waals surface area (Å²) in [5.41, 5.74) is 2.51. The van der Waals surface area contributed by atoms with Crippen LogP contribution in [0.2, 0.25) is 5.28 Å². The highest BCUT2D eigenvalue weighted by Gasteiger charge is 2.29. The van der Waals surface area contributed by atoms with Crippen LogP contribution in [0.5, 0.6) is 0 Å². The summed E-state index contributed by atoms with van der Waals surface area (Å²) in [5.74, 6) is 0.938. The van der Waals surface area contributed by atoms with E-state index in [1.165, 1.54) is 4.88 Å². The zero-order valence-corrected chi connectivity index (χ0v) is 16.8. The molecule has 0 amide bonds. The summed E-state index contributed by atoms with van der Waals surface area (Å²) in [6, 6.07) is 7.66. The van der Waals surface area contributed by atoms with Crippen LogP contribution in [0.3, 0.4) is 0 Å². The van der Waals surface area contributed by atoms with Crippen molar-refractivity contribution in [1.29, 1.82) is 0 Å². The van der Waals surface area contributed by atoms with Gasteiger partial charge in [0.2, 0.25) is 5.28 Å². The van der Waals surface area contributed by atoms with Crippen LogP contribution in [-0.4, -0.2) is 22.5 Å². The standard InChI is InChI=1S/C20H20ClN3O2S/c1-3-26-19(25)16-13-9-8-11(2)10-15(13)27-18(16)23-17-12-6-4-5-7-14(12)22-20(21)24-17/h4-7,11H,3,8-10H2,1-2H3,(H,22,23,24). The fourth-order valence-electron chi connectivity index (χ4n) is 3.51. The number of hydrogen-bond acceptors (Lipinski definition) is 6. The van der Waals surface area contributed by atoms with E-state index in [1.807, 2.05) is 31.2 Å². The molecular weight excluding hydrogens is 382 g/mol. The Morgan fingerprint density at radius 3 is 3.00 bits per heavy atom. The average molecular weight is 402 g/mol. The summed E-state index contributed by atoms with van der Waals surface area (Å²) in [4.78, 5) is 22.6. The molecule has 2 heterocycles. The number of nitrogens with zero attached hydrogens (tertiary/aromatic N) is 2. The number of fused-ring (bicyclic) bond motifs is 2. The fourth-order valence-corrected chi connectivity index (χ4v) is 5.08. The Morgan fingerprint density at radius 1 is 1.37 bits per heavy atom. The Bertz CT molecular complexity index is 1020. The van der Waals surface area contributed by atoms with E-state index < -0.39 is 0 Å². The van der Waals surface area contributed by atoms with Crippen molar-refractivity contribution in [3.63, 3.8) is 0 Å². The number of hydrogen-bond donors (Lipinski definition) is 1. The maximum Gasteiger partial charge on any atom is 0.341 e. The summed E-state index contributed by atoms with van der Waals surface area (Å²) < 4.78 is 5.34. The first kappa shape index (κ1) is 18.2. The van der Waals surface area contributed by atoms with Crippen LogP contribution >= 0.6 is 22.9 Å². The zero-order valence-electron chi connectivity index (χ0n) is 15.2. The Morgan fingerprint density at radius 2 is 2.19 bits per heavy atom. The highest BCUT2D eigenvalue weighted by atomic mass is 35.5. The molecular formula is C20H20ClN3O2S. The molecule has 0 aliphatic heterocycles. The summed E-state index contributed by atoms with van der Waals surface area (Å²) in [7, 11) is 0. The summed E-state index contributed by atoms with van der Waals surface area (Å²) >= 11 is 7.73. The van der Waals surface area contributed by atoms with E-state index in [4.69, 9.17) is 16.3 Å². The number of halogens is 1. The first-order valence-corrected chi connectivity index (χ1v) is 10.3. The van der Waals surface area contributed by atoms with Crippen LogP contribution in [0, 0.1) is 5.92 Å². The molecule has 3 aromatic rings. The van der Waals surface area contributed by atoms with Gasteiger partial charge in [0, 0.05) is 10.3 Å². The smallest absolute Gasteiger partial charge is 0.341 e. The molecule has 5 nitrogen and oxygen atoms in total. The Kier molecular flexibility index (Phi) is 5.02. The van der Waals surface area contributed by atoms with Crippen molar-refractivity contribution < 1.29 is 9.53 Å². The molecule has 0 bridgehead atoms. The van der Waals surface area contributed by atoms with Gasteiger partial charge in [-0.3, -0.25) is 0 Å². The third-order valence-electron chi connectivity index (χ3n) is 4.80. The number of anilines is 2. The van der Waals surface area contributed by atoms with Gasteiger partial charge >= 0.3 is 5.97 Å². The van der Waals surface area contributed by atoms with Crippen LogP contribution < -0.4 is 5.32 Å². The molecule has 1 aliphatic rings. The van der Waals surface area contributed by atoms with Crippen LogP contribution in [0.25, 0.3) is 10.9 Å². The van der Waals surface area contributed by atoms with Gasteiger partial charge in [0.05, 0.1) is 17.7 Å². The van der Waals surface area contributed by atoms with Crippen molar-refractivity contribution in [2.45, 2.75) is 33.1 Å². The number of benzene rings is 1. The van der Waals surface area contributed by atoms with Gasteiger partial charge < -0.3 is 10.1 Å². The zero-order chi connectivity index (χ0) is 19.0. The number of carbonyl (C=O) groups is 1. The number of carbonyl (C=O) groups excluding carboxylic acids is 1. The van der Waals surface area contributed by atoms with E-state index >= 15 is 0 Å². The minimum Gasteiger partial charge on any atom is -0.462 e. The van der Waals surface area contributed by atoms with E-state index in [-0.39, 0.29) is 11.3 Å². The van der Waals surface area contributed by atoms with Gasteiger partial charge in [-0.1, -0.05) is 19.1 Å². The molecule has 0 spiro atoms. The van der Waals surface area contributed by atoms with E-state index in [0.29, 0.717) is 23.9 Å². The van der Waals surface area contributed by atoms with Gasteiger partial charge in [-0.05, 0) is 61.4 Å². The molecule has 4 rings (SSSR count). The number of nitrogens with one attached hydrogen (secondary N) is 1. The molecule has 1 aliphatic carbocycles. The largest absolute Gasteiger partial charge is 0.462 e. The lowest BCUT2D eigenvalue weighted by Crippen LogP contribution is -2.14. The summed E-state index contributed by atoms with van der Waals surface area (Å²) in [6.45, 7) is 4.42. The van der Waals surface area contributed by atoms with Crippen LogP contribution in [-0.2, 0) is 17.6 Å². The number of thiophene rings is 1. The quantitative estimate of drug-likeness (QED) is 0.469. The SMILES string of the molecule is CCOC(=O)c1c(Nc2nc(Cl)nc3ccccc23)sc2c1CCC(C)C2. The maximum atomic E-state index is 12.7. The fraction of sp³-hybridized carbons (Fsp3) is 0.350. The third kappa shape index (κ3) is 3.51. The van der Waals surface area contributed by atoms with Crippen molar-refractivity contribution in [2.24, 2.45) is 5.92 Å². The van der Waals surface area contributed by atoms with Gasteiger partial charge in [0.1, 0.15) is 10.8 Å². The highest BCUT2D eigenvalue weighted by molar-refractivity contribution is 7.16. The highest BCUT2D eigenvalue weighted by Crippen LogP contribution is 2.41. The molecule has 0 saturated heterocycles.